The highest BCUT2D eigenvalue weighted by molar-refractivity contribution is 5.95. The second-order valence-corrected chi connectivity index (χ2v) is 7.80. The van der Waals surface area contributed by atoms with E-state index >= 15 is 0 Å². The van der Waals surface area contributed by atoms with E-state index in [4.69, 9.17) is 11.2 Å². The molecule has 0 aromatic carbocycles. The zero-order chi connectivity index (χ0) is 21.5. The summed E-state index contributed by atoms with van der Waals surface area (Å²) in [5.74, 6) is 4.17. The van der Waals surface area contributed by atoms with Crippen LogP contribution in [0.5, 0.6) is 5.75 Å². The van der Waals surface area contributed by atoms with Crippen LogP contribution in [0.4, 0.5) is 11.5 Å². The number of amides is 1. The summed E-state index contributed by atoms with van der Waals surface area (Å²) in [6.07, 6.45) is 10.5. The van der Waals surface area contributed by atoms with Gasteiger partial charge in [-0.1, -0.05) is 0 Å². The number of pyridine rings is 2. The fourth-order valence-electron chi connectivity index (χ4n) is 4.14. The van der Waals surface area contributed by atoms with E-state index in [0.717, 1.165) is 18.5 Å². The topological polar surface area (TPSA) is 85.0 Å². The minimum atomic E-state index is -0.198. The first kappa shape index (κ1) is 19.2. The second kappa shape index (κ2) is 7.47. The lowest BCUT2D eigenvalue weighted by Gasteiger charge is -2.32. The Morgan fingerprint density at radius 1 is 1.26 bits per heavy atom. The molecule has 0 aliphatic carbocycles. The predicted molar refractivity (Wildman–Crippen MR) is 115 cm³/mol. The quantitative estimate of drug-likeness (QED) is 0.586. The third-order valence-electron chi connectivity index (χ3n) is 5.89. The highest BCUT2D eigenvalue weighted by Crippen LogP contribution is 2.35. The molecule has 1 fully saturated rings. The summed E-state index contributed by atoms with van der Waals surface area (Å²) in [5, 5.41) is 4.25. The molecular weight excluding hydrogens is 396 g/mol. The zero-order valence-corrected chi connectivity index (χ0v) is 17.2. The van der Waals surface area contributed by atoms with Crippen LogP contribution in [0.1, 0.15) is 23.2 Å². The Morgan fingerprint density at radius 2 is 2.06 bits per heavy atom. The number of nitrogens with zero attached hydrogens (tertiary/aromatic N) is 6. The van der Waals surface area contributed by atoms with Crippen molar-refractivity contribution in [3.05, 3.63) is 46.6 Å². The van der Waals surface area contributed by atoms with Gasteiger partial charge in [-0.25, -0.2) is 14.5 Å². The molecule has 5 rings (SSSR count). The van der Waals surface area contributed by atoms with Crippen molar-refractivity contribution in [2.24, 2.45) is 13.0 Å². The molecule has 9 nitrogen and oxygen atoms in total. The van der Waals surface area contributed by atoms with Crippen molar-refractivity contribution in [2.75, 3.05) is 31.1 Å². The van der Waals surface area contributed by atoms with E-state index in [9.17, 15) is 9.59 Å². The average molecular weight is 418 g/mol. The van der Waals surface area contributed by atoms with Gasteiger partial charge in [-0.2, -0.15) is 5.10 Å². The summed E-state index contributed by atoms with van der Waals surface area (Å²) in [6, 6.07) is 5.45. The van der Waals surface area contributed by atoms with Crippen LogP contribution in [0, 0.1) is 18.3 Å². The van der Waals surface area contributed by atoms with E-state index in [1.807, 2.05) is 21.9 Å². The molecule has 3 aromatic heterocycles. The highest BCUT2D eigenvalue weighted by Gasteiger charge is 2.26. The van der Waals surface area contributed by atoms with Gasteiger partial charge in [-0.3, -0.25) is 9.20 Å². The normalized spacial score (nSPS) is 16.6. The van der Waals surface area contributed by atoms with Crippen LogP contribution >= 0.6 is 0 Å². The van der Waals surface area contributed by atoms with Crippen LogP contribution in [-0.2, 0) is 7.05 Å². The molecule has 1 saturated heterocycles. The van der Waals surface area contributed by atoms with Gasteiger partial charge in [-0.05, 0) is 25.0 Å². The standard InChI is InChI=1S/C22H22N6O3/c1-3-15-4-7-26(8-5-15)21(29)16-12-18-20(23-14-16)27(10-11-31-18)17-6-9-28-19(13-17)24-25(2)22(28)30/h1,6,9,12-15H,4-5,7-8,10-11H2,2H3. The Hall–Kier alpha value is -3.80. The van der Waals surface area contributed by atoms with Crippen molar-refractivity contribution >= 4 is 23.1 Å². The van der Waals surface area contributed by atoms with Gasteiger partial charge in [0.25, 0.3) is 5.91 Å². The second-order valence-electron chi connectivity index (χ2n) is 7.80. The molecule has 0 spiro atoms. The summed E-state index contributed by atoms with van der Waals surface area (Å²) in [6.45, 7) is 2.36. The Labute approximate surface area is 178 Å². The monoisotopic (exact) mass is 418 g/mol. The third-order valence-corrected chi connectivity index (χ3v) is 5.89. The molecular formula is C22H22N6O3. The summed E-state index contributed by atoms with van der Waals surface area (Å²) >= 11 is 0. The SMILES string of the molecule is C#CC1CCN(C(=O)c2cnc3c(c2)OCCN3c2ccn3c(=O)n(C)nc3c2)CC1. The van der Waals surface area contributed by atoms with Crippen molar-refractivity contribution in [3.8, 4) is 18.1 Å². The van der Waals surface area contributed by atoms with Gasteiger partial charge in [0, 0.05) is 50.2 Å². The number of hydrogen-bond acceptors (Lipinski definition) is 6. The number of hydrogen-bond donors (Lipinski definition) is 0. The van der Waals surface area contributed by atoms with E-state index in [2.05, 4.69) is 16.0 Å². The van der Waals surface area contributed by atoms with Crippen molar-refractivity contribution in [2.45, 2.75) is 12.8 Å². The van der Waals surface area contributed by atoms with E-state index < -0.39 is 0 Å². The minimum absolute atomic E-state index is 0.0548. The lowest BCUT2D eigenvalue weighted by atomic mass is 9.97. The number of terminal acetylenes is 1. The molecule has 0 saturated carbocycles. The summed E-state index contributed by atoms with van der Waals surface area (Å²) in [5.41, 5.74) is 1.72. The van der Waals surface area contributed by atoms with Gasteiger partial charge in [0.2, 0.25) is 0 Å². The van der Waals surface area contributed by atoms with Gasteiger partial charge in [-0.15, -0.1) is 12.3 Å². The van der Waals surface area contributed by atoms with Gasteiger partial charge in [0.15, 0.2) is 17.2 Å². The maximum atomic E-state index is 12.9. The number of anilines is 2. The van der Waals surface area contributed by atoms with Crippen molar-refractivity contribution < 1.29 is 9.53 Å². The number of piperidine rings is 1. The lowest BCUT2D eigenvalue weighted by Crippen LogP contribution is -2.38. The number of carbonyl (C=O) groups is 1. The van der Waals surface area contributed by atoms with Gasteiger partial charge < -0.3 is 14.5 Å². The lowest BCUT2D eigenvalue weighted by molar-refractivity contribution is 0.0707. The molecule has 3 aromatic rings. The molecule has 0 N–H and O–H groups in total. The smallest absolute Gasteiger partial charge is 0.350 e. The first-order chi connectivity index (χ1) is 15.0. The summed E-state index contributed by atoms with van der Waals surface area (Å²) in [4.78, 5) is 33.4. The van der Waals surface area contributed by atoms with Gasteiger partial charge in [0.1, 0.15) is 6.61 Å². The summed E-state index contributed by atoms with van der Waals surface area (Å²) in [7, 11) is 1.62. The number of rotatable bonds is 2. The molecule has 2 aliphatic rings. The number of carbonyl (C=O) groups excluding carboxylic acids is 1. The predicted octanol–water partition coefficient (Wildman–Crippen LogP) is 1.44. The Bertz CT molecular complexity index is 1260. The maximum Gasteiger partial charge on any atom is 0.350 e. The maximum absolute atomic E-state index is 12.9. The molecule has 0 bridgehead atoms. The molecule has 0 radical (unpaired) electrons. The molecule has 5 heterocycles. The van der Waals surface area contributed by atoms with Crippen molar-refractivity contribution in [3.63, 3.8) is 0 Å². The van der Waals surface area contributed by atoms with Crippen molar-refractivity contribution in [1.82, 2.24) is 24.1 Å². The first-order valence-corrected chi connectivity index (χ1v) is 10.3. The first-order valence-electron chi connectivity index (χ1n) is 10.3. The molecule has 0 unspecified atom stereocenters. The Balaban J connectivity index is 1.42. The van der Waals surface area contributed by atoms with E-state index in [1.165, 1.54) is 9.08 Å². The minimum Gasteiger partial charge on any atom is -0.488 e. The van der Waals surface area contributed by atoms with Gasteiger partial charge in [0.05, 0.1) is 12.1 Å². The van der Waals surface area contributed by atoms with Gasteiger partial charge >= 0.3 is 5.69 Å². The number of likely N-dealkylation sites (tertiary alicyclic amines) is 1. The van der Waals surface area contributed by atoms with Crippen LogP contribution in [-0.4, -0.2) is 56.2 Å². The summed E-state index contributed by atoms with van der Waals surface area (Å²) < 4.78 is 8.61. The number of aromatic nitrogens is 4. The highest BCUT2D eigenvalue weighted by atomic mass is 16.5. The fourth-order valence-corrected chi connectivity index (χ4v) is 4.14. The third kappa shape index (κ3) is 3.30. The number of ether oxygens (including phenoxy) is 1. The average Bonchev–Trinajstić information content (AvgIpc) is 3.10. The van der Waals surface area contributed by atoms with E-state index in [0.29, 0.717) is 49.0 Å². The van der Waals surface area contributed by atoms with Crippen molar-refractivity contribution in [1.29, 1.82) is 0 Å². The molecule has 1 amide bonds. The van der Waals surface area contributed by atoms with Crippen LogP contribution in [0.2, 0.25) is 0 Å². The molecule has 9 heteroatoms. The Morgan fingerprint density at radius 3 is 2.84 bits per heavy atom. The van der Waals surface area contributed by atoms with Crippen LogP contribution < -0.4 is 15.3 Å². The fraction of sp³-hybridized carbons (Fsp3) is 0.364. The van der Waals surface area contributed by atoms with Crippen LogP contribution in [0.15, 0.2) is 35.4 Å². The molecule has 31 heavy (non-hydrogen) atoms. The van der Waals surface area contributed by atoms with Crippen LogP contribution in [0.3, 0.4) is 0 Å². The Kier molecular flexibility index (Phi) is 4.62. The number of aryl methyl sites for hydroxylation is 1. The largest absolute Gasteiger partial charge is 0.488 e. The van der Waals surface area contributed by atoms with Crippen LogP contribution in [0.25, 0.3) is 5.65 Å². The molecule has 0 atom stereocenters. The molecule has 158 valence electrons. The van der Waals surface area contributed by atoms with E-state index in [1.54, 1.807) is 25.5 Å². The van der Waals surface area contributed by atoms with E-state index in [-0.39, 0.29) is 17.5 Å². The number of fused-ring (bicyclic) bond motifs is 2. The zero-order valence-electron chi connectivity index (χ0n) is 17.2. The molecule has 2 aliphatic heterocycles.